The maximum atomic E-state index is 8.70. The van der Waals surface area contributed by atoms with Gasteiger partial charge in [0.15, 0.2) is 0 Å². The van der Waals surface area contributed by atoms with Crippen LogP contribution in [-0.2, 0) is 0 Å². The molecule has 9 heavy (non-hydrogen) atoms. The molecule has 44 valence electrons. The van der Waals surface area contributed by atoms with Crippen molar-refractivity contribution < 1.29 is 5.11 Å². The molecular formula is C6H6ClNaO. The molecule has 1 rings (SSSR count). The van der Waals surface area contributed by atoms with Gasteiger partial charge in [0, 0.05) is 5.02 Å². The zero-order valence-electron chi connectivity index (χ0n) is 4.13. The number of rotatable bonds is 0. The molecule has 0 heterocycles. The fourth-order valence-electron chi connectivity index (χ4n) is 0.441. The van der Waals surface area contributed by atoms with Crippen molar-refractivity contribution in [2.45, 2.75) is 0 Å². The molecule has 0 aromatic heterocycles. The summed E-state index contributed by atoms with van der Waals surface area (Å²) in [6, 6.07) is 6.36. The van der Waals surface area contributed by atoms with Crippen molar-refractivity contribution in [2.24, 2.45) is 0 Å². The third kappa shape index (κ3) is 3.11. The van der Waals surface area contributed by atoms with Crippen LogP contribution in [0.25, 0.3) is 0 Å². The summed E-state index contributed by atoms with van der Waals surface area (Å²) in [5, 5.41) is 9.34. The fraction of sp³-hybridized carbons (Fsp3) is 0. The molecule has 1 aromatic carbocycles. The third-order valence-corrected chi connectivity index (χ3v) is 1.08. The van der Waals surface area contributed by atoms with Crippen LogP contribution in [0, 0.1) is 0 Å². The van der Waals surface area contributed by atoms with E-state index in [1.165, 1.54) is 0 Å². The number of halogens is 1. The molecule has 0 fully saturated rings. The molecule has 0 aliphatic rings. The predicted molar refractivity (Wildman–Crippen MR) is 40.3 cm³/mol. The van der Waals surface area contributed by atoms with Gasteiger partial charge in [0.05, 0.1) is 0 Å². The SMILES string of the molecule is Oc1ccc(Cl)cc1.[NaH]. The number of phenolic OH excluding ortho intramolecular Hbond substituents is 1. The molecule has 0 atom stereocenters. The van der Waals surface area contributed by atoms with E-state index >= 15 is 0 Å². The Morgan fingerprint density at radius 3 is 1.89 bits per heavy atom. The quantitative estimate of drug-likeness (QED) is 0.557. The second-order valence-corrected chi connectivity index (χ2v) is 1.91. The average molecular weight is 153 g/mol. The fourth-order valence-corrected chi connectivity index (χ4v) is 0.567. The Morgan fingerprint density at radius 2 is 1.56 bits per heavy atom. The molecule has 3 heteroatoms. The van der Waals surface area contributed by atoms with Gasteiger partial charge in [-0.15, -0.1) is 0 Å². The van der Waals surface area contributed by atoms with Crippen molar-refractivity contribution in [2.75, 3.05) is 0 Å². The summed E-state index contributed by atoms with van der Waals surface area (Å²) in [6.07, 6.45) is 0. The van der Waals surface area contributed by atoms with Crippen molar-refractivity contribution in [1.29, 1.82) is 0 Å². The average Bonchev–Trinajstić information content (AvgIpc) is 1.77. The second kappa shape index (κ2) is 4.18. The molecule has 0 saturated carbocycles. The van der Waals surface area contributed by atoms with Crippen LogP contribution in [0.2, 0.25) is 5.02 Å². The van der Waals surface area contributed by atoms with Gasteiger partial charge in [0.2, 0.25) is 0 Å². The van der Waals surface area contributed by atoms with Crippen molar-refractivity contribution in [3.05, 3.63) is 29.3 Å². The molecule has 0 spiro atoms. The van der Waals surface area contributed by atoms with E-state index in [0.29, 0.717) is 5.02 Å². The van der Waals surface area contributed by atoms with E-state index < -0.39 is 0 Å². The zero-order chi connectivity index (χ0) is 5.98. The minimum absolute atomic E-state index is 0. The van der Waals surface area contributed by atoms with E-state index in [9.17, 15) is 0 Å². The topological polar surface area (TPSA) is 20.2 Å². The van der Waals surface area contributed by atoms with Crippen LogP contribution in [0.5, 0.6) is 5.75 Å². The van der Waals surface area contributed by atoms with Crippen molar-refractivity contribution in [1.82, 2.24) is 0 Å². The summed E-state index contributed by atoms with van der Waals surface area (Å²) in [6.45, 7) is 0. The van der Waals surface area contributed by atoms with Gasteiger partial charge in [-0.3, -0.25) is 0 Å². The van der Waals surface area contributed by atoms with Crippen molar-refractivity contribution in [3.8, 4) is 5.75 Å². The van der Waals surface area contributed by atoms with E-state index in [1.807, 2.05) is 0 Å². The summed E-state index contributed by atoms with van der Waals surface area (Å²) < 4.78 is 0. The molecular weight excluding hydrogens is 147 g/mol. The molecule has 0 bridgehead atoms. The minimum atomic E-state index is 0. The Kier molecular flexibility index (Phi) is 4.32. The van der Waals surface area contributed by atoms with Crippen molar-refractivity contribution >= 4 is 41.2 Å². The molecule has 0 aliphatic heterocycles. The Morgan fingerprint density at radius 1 is 1.11 bits per heavy atom. The standard InChI is InChI=1S/C6H5ClO.Na.H/c7-5-1-3-6(8)4-2-5;;/h1-4,8H;;. The molecule has 0 radical (unpaired) electrons. The Labute approximate surface area is 80.9 Å². The van der Waals surface area contributed by atoms with Gasteiger partial charge in [-0.25, -0.2) is 0 Å². The molecule has 0 aliphatic carbocycles. The normalized spacial score (nSPS) is 8.11. The molecule has 0 saturated heterocycles. The maximum absolute atomic E-state index is 8.70. The molecule has 1 aromatic rings. The molecule has 0 unspecified atom stereocenters. The van der Waals surface area contributed by atoms with Crippen LogP contribution in [0.3, 0.4) is 0 Å². The Hall–Kier alpha value is 0.310. The van der Waals surface area contributed by atoms with Gasteiger partial charge in [-0.2, -0.15) is 0 Å². The summed E-state index contributed by atoms with van der Waals surface area (Å²) >= 11 is 5.50. The number of benzene rings is 1. The van der Waals surface area contributed by atoms with Gasteiger partial charge in [0.25, 0.3) is 0 Å². The number of aromatic hydroxyl groups is 1. The van der Waals surface area contributed by atoms with Gasteiger partial charge in [-0.1, -0.05) is 11.6 Å². The first kappa shape index (κ1) is 9.31. The first-order valence-electron chi connectivity index (χ1n) is 2.23. The Bertz CT molecular complexity index is 152. The Balaban J connectivity index is 0.000000640. The zero-order valence-corrected chi connectivity index (χ0v) is 4.89. The summed E-state index contributed by atoms with van der Waals surface area (Å²) in [5.41, 5.74) is 0. The van der Waals surface area contributed by atoms with E-state index in [4.69, 9.17) is 16.7 Å². The van der Waals surface area contributed by atoms with E-state index in [-0.39, 0.29) is 35.3 Å². The van der Waals surface area contributed by atoms with Crippen LogP contribution < -0.4 is 0 Å². The molecule has 1 N–H and O–H groups in total. The number of hydrogen-bond donors (Lipinski definition) is 1. The van der Waals surface area contributed by atoms with Gasteiger partial charge >= 0.3 is 29.6 Å². The third-order valence-electron chi connectivity index (χ3n) is 0.827. The van der Waals surface area contributed by atoms with Gasteiger partial charge < -0.3 is 5.11 Å². The summed E-state index contributed by atoms with van der Waals surface area (Å²) in [7, 11) is 0. The van der Waals surface area contributed by atoms with Gasteiger partial charge in [-0.05, 0) is 24.3 Å². The van der Waals surface area contributed by atoms with Gasteiger partial charge in [0.1, 0.15) is 5.75 Å². The monoisotopic (exact) mass is 152 g/mol. The van der Waals surface area contributed by atoms with Crippen LogP contribution in [-0.4, -0.2) is 34.7 Å². The molecule has 1 nitrogen and oxygen atoms in total. The second-order valence-electron chi connectivity index (χ2n) is 1.48. The van der Waals surface area contributed by atoms with Crippen LogP contribution in [0.15, 0.2) is 24.3 Å². The first-order valence-corrected chi connectivity index (χ1v) is 2.61. The van der Waals surface area contributed by atoms with Crippen LogP contribution in [0.1, 0.15) is 0 Å². The van der Waals surface area contributed by atoms with Crippen molar-refractivity contribution in [3.63, 3.8) is 0 Å². The number of hydrogen-bond acceptors (Lipinski definition) is 1. The molecule has 0 amide bonds. The summed E-state index contributed by atoms with van der Waals surface area (Å²) in [4.78, 5) is 0. The van der Waals surface area contributed by atoms with Crippen LogP contribution in [0.4, 0.5) is 0 Å². The number of phenols is 1. The predicted octanol–water partition coefficient (Wildman–Crippen LogP) is 1.40. The first-order chi connectivity index (χ1) is 3.79. The van der Waals surface area contributed by atoms with Crippen LogP contribution >= 0.6 is 11.6 Å². The summed E-state index contributed by atoms with van der Waals surface area (Å²) in [5.74, 6) is 0.245. The van der Waals surface area contributed by atoms with E-state index in [1.54, 1.807) is 24.3 Å². The van der Waals surface area contributed by atoms with E-state index in [0.717, 1.165) is 0 Å². The van der Waals surface area contributed by atoms with E-state index in [2.05, 4.69) is 0 Å².